The minimum Gasteiger partial charge on any atom is -0.339 e. The molecule has 0 bridgehead atoms. The highest BCUT2D eigenvalue weighted by Crippen LogP contribution is 2.23. The van der Waals surface area contributed by atoms with Crippen molar-refractivity contribution in [3.05, 3.63) is 34.4 Å². The molecule has 0 unspecified atom stereocenters. The highest BCUT2D eigenvalue weighted by molar-refractivity contribution is 6.30. The zero-order valence-electron chi connectivity index (χ0n) is 10.3. The van der Waals surface area contributed by atoms with Crippen molar-refractivity contribution in [3.63, 3.8) is 0 Å². The Hall–Kier alpha value is -1.20. The molecule has 6 heteroatoms. The average Bonchev–Trinajstić information content (AvgIpc) is 2.42. The summed E-state index contributed by atoms with van der Waals surface area (Å²) in [5, 5.41) is -0.323. The summed E-state index contributed by atoms with van der Waals surface area (Å²) in [6.07, 6.45) is 1.58. The van der Waals surface area contributed by atoms with Crippen molar-refractivity contribution >= 4 is 17.5 Å². The second kappa shape index (κ2) is 5.84. The minimum absolute atomic E-state index is 0.270. The van der Waals surface area contributed by atoms with Gasteiger partial charge in [-0.15, -0.1) is 0 Å². The number of likely N-dealkylation sites (tertiary alicyclic amines) is 1. The summed E-state index contributed by atoms with van der Waals surface area (Å²) >= 11 is 5.46. The predicted molar refractivity (Wildman–Crippen MR) is 69.0 cm³/mol. The molecule has 1 amide bonds. The molecule has 1 aliphatic heterocycles. The maximum atomic E-state index is 13.7. The fraction of sp³-hybridized carbons (Fsp3) is 0.462. The number of hydrogen-bond donors (Lipinski definition) is 1. The molecule has 1 aromatic rings. The van der Waals surface area contributed by atoms with E-state index < -0.39 is 17.5 Å². The molecule has 0 aromatic heterocycles. The Morgan fingerprint density at radius 3 is 2.53 bits per heavy atom. The third-order valence-corrected chi connectivity index (χ3v) is 3.77. The van der Waals surface area contributed by atoms with Crippen LogP contribution in [0.5, 0.6) is 0 Å². The van der Waals surface area contributed by atoms with Gasteiger partial charge in [-0.2, -0.15) is 0 Å². The number of hydrogen-bond acceptors (Lipinski definition) is 2. The Bertz CT molecular complexity index is 488. The van der Waals surface area contributed by atoms with E-state index in [1.165, 1.54) is 4.90 Å². The van der Waals surface area contributed by atoms with Gasteiger partial charge in [0.25, 0.3) is 5.91 Å². The van der Waals surface area contributed by atoms with E-state index in [9.17, 15) is 13.6 Å². The van der Waals surface area contributed by atoms with Gasteiger partial charge in [0.05, 0.1) is 10.6 Å². The standard InChI is InChI=1S/C13H15ClF2N2O/c14-10-6-11(15)9(5-12(10)16)13(19)18-3-1-8(7-17)2-4-18/h5-6,8H,1-4,7,17H2. The van der Waals surface area contributed by atoms with Crippen LogP contribution in [0.1, 0.15) is 23.2 Å². The van der Waals surface area contributed by atoms with Gasteiger partial charge in [-0.3, -0.25) is 4.79 Å². The lowest BCUT2D eigenvalue weighted by Gasteiger charge is -2.31. The van der Waals surface area contributed by atoms with Gasteiger partial charge in [0.15, 0.2) is 0 Å². The third kappa shape index (κ3) is 3.04. The quantitative estimate of drug-likeness (QED) is 0.850. The lowest BCUT2D eigenvalue weighted by Crippen LogP contribution is -2.40. The molecule has 3 nitrogen and oxygen atoms in total. The topological polar surface area (TPSA) is 46.3 Å². The largest absolute Gasteiger partial charge is 0.339 e. The molecule has 0 saturated carbocycles. The second-order valence-corrected chi connectivity index (χ2v) is 5.12. The number of benzene rings is 1. The fourth-order valence-corrected chi connectivity index (χ4v) is 2.38. The van der Waals surface area contributed by atoms with Gasteiger partial charge < -0.3 is 10.6 Å². The molecular formula is C13H15ClF2N2O. The molecule has 1 saturated heterocycles. The molecule has 0 atom stereocenters. The van der Waals surface area contributed by atoms with Crippen LogP contribution in [0.15, 0.2) is 12.1 Å². The van der Waals surface area contributed by atoms with Crippen molar-refractivity contribution in [3.8, 4) is 0 Å². The molecule has 104 valence electrons. The smallest absolute Gasteiger partial charge is 0.256 e. The average molecular weight is 289 g/mol. The zero-order chi connectivity index (χ0) is 14.0. The summed E-state index contributed by atoms with van der Waals surface area (Å²) in [6.45, 7) is 1.63. The van der Waals surface area contributed by atoms with Gasteiger partial charge in [0.2, 0.25) is 0 Å². The minimum atomic E-state index is -0.794. The fourth-order valence-electron chi connectivity index (χ4n) is 2.23. The first kappa shape index (κ1) is 14.2. The normalized spacial score (nSPS) is 16.7. The van der Waals surface area contributed by atoms with Crippen molar-refractivity contribution in [1.82, 2.24) is 4.90 Å². The van der Waals surface area contributed by atoms with Crippen molar-refractivity contribution in [1.29, 1.82) is 0 Å². The van der Waals surface area contributed by atoms with Crippen LogP contribution in [0, 0.1) is 17.6 Å². The van der Waals surface area contributed by atoms with Gasteiger partial charge in [-0.05, 0) is 37.4 Å². The van der Waals surface area contributed by atoms with E-state index in [1.54, 1.807) is 0 Å². The Morgan fingerprint density at radius 1 is 1.32 bits per heavy atom. The molecule has 0 radical (unpaired) electrons. The van der Waals surface area contributed by atoms with Crippen LogP contribution in [0.4, 0.5) is 8.78 Å². The van der Waals surface area contributed by atoms with Gasteiger partial charge in [-0.1, -0.05) is 11.6 Å². The van der Waals surface area contributed by atoms with Crippen LogP contribution in [0.3, 0.4) is 0 Å². The summed E-state index contributed by atoms with van der Waals surface area (Å²) in [5.74, 6) is -1.68. The number of carbonyl (C=O) groups is 1. The monoisotopic (exact) mass is 288 g/mol. The molecule has 0 aliphatic carbocycles. The summed E-state index contributed by atoms with van der Waals surface area (Å²) < 4.78 is 27.0. The number of piperidine rings is 1. The van der Waals surface area contributed by atoms with E-state index in [-0.39, 0.29) is 10.6 Å². The van der Waals surface area contributed by atoms with Gasteiger partial charge in [0, 0.05) is 13.1 Å². The van der Waals surface area contributed by atoms with Crippen LogP contribution < -0.4 is 5.73 Å². The lowest BCUT2D eigenvalue weighted by atomic mass is 9.96. The van der Waals surface area contributed by atoms with E-state index in [1.807, 2.05) is 0 Å². The lowest BCUT2D eigenvalue weighted by molar-refractivity contribution is 0.0688. The molecule has 1 heterocycles. The highest BCUT2D eigenvalue weighted by Gasteiger charge is 2.25. The second-order valence-electron chi connectivity index (χ2n) is 4.72. The van der Waals surface area contributed by atoms with Crippen LogP contribution in [0.2, 0.25) is 5.02 Å². The molecular weight excluding hydrogens is 274 g/mol. The van der Waals surface area contributed by atoms with Crippen molar-refractivity contribution < 1.29 is 13.6 Å². The highest BCUT2D eigenvalue weighted by atomic mass is 35.5. The number of nitrogens with zero attached hydrogens (tertiary/aromatic N) is 1. The first-order valence-electron chi connectivity index (χ1n) is 6.16. The van der Waals surface area contributed by atoms with Crippen LogP contribution in [0.25, 0.3) is 0 Å². The van der Waals surface area contributed by atoms with Crippen molar-refractivity contribution in [2.24, 2.45) is 11.7 Å². The van der Waals surface area contributed by atoms with Crippen LogP contribution in [-0.4, -0.2) is 30.4 Å². The summed E-state index contributed by atoms with van der Waals surface area (Å²) in [7, 11) is 0. The molecule has 2 N–H and O–H groups in total. The Labute approximate surface area is 115 Å². The SMILES string of the molecule is NCC1CCN(C(=O)c2cc(F)c(Cl)cc2F)CC1. The first-order valence-corrected chi connectivity index (χ1v) is 6.54. The van der Waals surface area contributed by atoms with Crippen LogP contribution >= 0.6 is 11.6 Å². The molecule has 0 spiro atoms. The van der Waals surface area contributed by atoms with E-state index >= 15 is 0 Å². The summed E-state index contributed by atoms with van der Waals surface area (Å²) in [5.41, 5.74) is 5.30. The van der Waals surface area contributed by atoms with Crippen molar-refractivity contribution in [2.45, 2.75) is 12.8 Å². The molecule has 1 fully saturated rings. The summed E-state index contributed by atoms with van der Waals surface area (Å²) in [6, 6.07) is 1.69. The third-order valence-electron chi connectivity index (χ3n) is 3.48. The Balaban J connectivity index is 2.14. The van der Waals surface area contributed by atoms with E-state index in [2.05, 4.69) is 0 Å². The molecule has 2 rings (SSSR count). The first-order chi connectivity index (χ1) is 9.02. The Morgan fingerprint density at radius 2 is 1.95 bits per heavy atom. The van der Waals surface area contributed by atoms with E-state index in [0.29, 0.717) is 25.6 Å². The number of carbonyl (C=O) groups excluding carboxylic acids is 1. The summed E-state index contributed by atoms with van der Waals surface area (Å²) in [4.78, 5) is 13.6. The zero-order valence-corrected chi connectivity index (χ0v) is 11.1. The Kier molecular flexibility index (Phi) is 4.37. The van der Waals surface area contributed by atoms with Gasteiger partial charge in [-0.25, -0.2) is 8.78 Å². The number of rotatable bonds is 2. The van der Waals surface area contributed by atoms with Crippen molar-refractivity contribution in [2.75, 3.05) is 19.6 Å². The van der Waals surface area contributed by atoms with Crippen LogP contribution in [-0.2, 0) is 0 Å². The molecule has 19 heavy (non-hydrogen) atoms. The number of nitrogens with two attached hydrogens (primary N) is 1. The van der Waals surface area contributed by atoms with E-state index in [4.69, 9.17) is 17.3 Å². The number of halogens is 3. The van der Waals surface area contributed by atoms with Gasteiger partial charge in [0.1, 0.15) is 11.6 Å². The molecule has 1 aromatic carbocycles. The molecule has 1 aliphatic rings. The number of amides is 1. The maximum Gasteiger partial charge on any atom is 0.256 e. The maximum absolute atomic E-state index is 13.7. The predicted octanol–water partition coefficient (Wildman–Crippen LogP) is 2.43. The van der Waals surface area contributed by atoms with Gasteiger partial charge >= 0.3 is 0 Å². The van der Waals surface area contributed by atoms with E-state index in [0.717, 1.165) is 25.0 Å².